The highest BCUT2D eigenvalue weighted by molar-refractivity contribution is 9.10. The molecule has 232 valence electrons. The third kappa shape index (κ3) is 6.25. The smallest absolute Gasteiger partial charge is 0.269 e. The molecule has 2 aliphatic carbocycles. The van der Waals surface area contributed by atoms with Crippen molar-refractivity contribution in [1.29, 1.82) is 0 Å². The first-order chi connectivity index (χ1) is 21.3. The highest BCUT2D eigenvalue weighted by Gasteiger charge is 2.49. The lowest BCUT2D eigenvalue weighted by Gasteiger charge is -2.49. The highest BCUT2D eigenvalue weighted by atomic mass is 79.9. The number of ketones is 2. The van der Waals surface area contributed by atoms with E-state index in [1.165, 1.54) is 12.1 Å². The van der Waals surface area contributed by atoms with E-state index in [1.807, 2.05) is 36.4 Å². The molecule has 1 heterocycles. The van der Waals surface area contributed by atoms with Crippen LogP contribution in [0, 0.1) is 20.9 Å². The van der Waals surface area contributed by atoms with Crippen LogP contribution in [0.4, 0.5) is 5.69 Å². The van der Waals surface area contributed by atoms with Crippen LogP contribution >= 0.6 is 15.9 Å². The monoisotopic (exact) mass is 668 g/mol. The van der Waals surface area contributed by atoms with Crippen molar-refractivity contribution >= 4 is 33.2 Å². The third-order valence-corrected chi connectivity index (χ3v) is 9.63. The van der Waals surface area contributed by atoms with Gasteiger partial charge in [-0.25, -0.2) is 0 Å². The molecule has 3 aromatic carbocycles. The van der Waals surface area contributed by atoms with Crippen molar-refractivity contribution in [1.82, 2.24) is 4.90 Å². The molecule has 0 amide bonds. The van der Waals surface area contributed by atoms with Gasteiger partial charge in [0, 0.05) is 60.0 Å². The summed E-state index contributed by atoms with van der Waals surface area (Å²) in [7, 11) is 0. The van der Waals surface area contributed by atoms with E-state index in [0.29, 0.717) is 35.2 Å². The summed E-state index contributed by atoms with van der Waals surface area (Å²) >= 11 is 3.68. The van der Waals surface area contributed by atoms with Gasteiger partial charge in [0.05, 0.1) is 9.40 Å². The van der Waals surface area contributed by atoms with E-state index in [2.05, 4.69) is 60.7 Å². The Morgan fingerprint density at radius 1 is 0.822 bits per heavy atom. The van der Waals surface area contributed by atoms with Gasteiger partial charge < -0.3 is 9.64 Å². The molecule has 0 N–H and O–H groups in total. The molecule has 45 heavy (non-hydrogen) atoms. The number of nitro benzene ring substituents is 1. The summed E-state index contributed by atoms with van der Waals surface area (Å²) in [5.74, 6) is 0.296. The fourth-order valence-corrected chi connectivity index (χ4v) is 7.58. The summed E-state index contributed by atoms with van der Waals surface area (Å²) in [6.45, 7) is 9.35. The van der Waals surface area contributed by atoms with Gasteiger partial charge in [-0.05, 0) is 68.4 Å². The molecule has 0 radical (unpaired) electrons. The van der Waals surface area contributed by atoms with E-state index in [1.54, 1.807) is 12.1 Å². The van der Waals surface area contributed by atoms with E-state index in [9.17, 15) is 19.7 Å². The summed E-state index contributed by atoms with van der Waals surface area (Å²) in [6, 6.07) is 22.4. The second-order valence-corrected chi connectivity index (χ2v) is 14.9. The average molecular weight is 670 g/mol. The van der Waals surface area contributed by atoms with E-state index in [-0.39, 0.29) is 34.7 Å². The van der Waals surface area contributed by atoms with Crippen molar-refractivity contribution in [2.24, 2.45) is 10.8 Å². The molecule has 0 aromatic heterocycles. The van der Waals surface area contributed by atoms with Crippen molar-refractivity contribution in [2.45, 2.75) is 72.4 Å². The van der Waals surface area contributed by atoms with Crippen molar-refractivity contribution in [2.75, 3.05) is 0 Å². The minimum atomic E-state index is -0.462. The Morgan fingerprint density at radius 3 is 2.00 bits per heavy atom. The van der Waals surface area contributed by atoms with Crippen LogP contribution in [0.2, 0.25) is 0 Å². The highest BCUT2D eigenvalue weighted by Crippen LogP contribution is 2.55. The van der Waals surface area contributed by atoms with E-state index >= 15 is 0 Å². The normalized spacial score (nSPS) is 19.4. The van der Waals surface area contributed by atoms with Crippen LogP contribution < -0.4 is 4.74 Å². The minimum Gasteiger partial charge on any atom is -0.488 e. The summed E-state index contributed by atoms with van der Waals surface area (Å²) < 4.78 is 6.75. The number of non-ortho nitro benzene ring substituents is 1. The number of benzene rings is 3. The molecule has 0 saturated heterocycles. The van der Waals surface area contributed by atoms with Crippen molar-refractivity contribution < 1.29 is 19.2 Å². The maximum Gasteiger partial charge on any atom is 0.269 e. The van der Waals surface area contributed by atoms with Crippen LogP contribution in [0.25, 0.3) is 0 Å². The molecule has 0 bridgehead atoms. The number of carbonyl (C=O) groups excluding carboxylic acids is 2. The summed E-state index contributed by atoms with van der Waals surface area (Å²) in [5.41, 5.74) is 5.80. The van der Waals surface area contributed by atoms with Gasteiger partial charge in [0.1, 0.15) is 12.4 Å². The van der Waals surface area contributed by atoms with Gasteiger partial charge in [-0.3, -0.25) is 19.7 Å². The van der Waals surface area contributed by atoms with E-state index in [4.69, 9.17) is 4.74 Å². The minimum absolute atomic E-state index is 0.0120. The Hall–Kier alpha value is -4.04. The molecule has 3 aromatic rings. The van der Waals surface area contributed by atoms with E-state index in [0.717, 1.165) is 46.5 Å². The molecule has 8 heteroatoms. The number of nitro groups is 1. The van der Waals surface area contributed by atoms with Crippen LogP contribution in [0.15, 0.2) is 99.8 Å². The first-order valence-corrected chi connectivity index (χ1v) is 16.1. The maximum absolute atomic E-state index is 14.1. The van der Waals surface area contributed by atoms with Gasteiger partial charge in [-0.1, -0.05) is 76.2 Å². The fourth-order valence-electron chi connectivity index (χ4n) is 7.07. The number of hydrogen-bond donors (Lipinski definition) is 0. The zero-order valence-electron chi connectivity index (χ0n) is 26.1. The average Bonchev–Trinajstić information content (AvgIpc) is 2.96. The van der Waals surface area contributed by atoms with Gasteiger partial charge in [-0.15, -0.1) is 0 Å². The van der Waals surface area contributed by atoms with Gasteiger partial charge >= 0.3 is 0 Å². The molecule has 0 saturated carbocycles. The summed E-state index contributed by atoms with van der Waals surface area (Å²) in [6.07, 6.45) is 2.34. The lowest BCUT2D eigenvalue weighted by molar-refractivity contribution is -0.384. The van der Waals surface area contributed by atoms with Crippen LogP contribution in [-0.2, 0) is 22.7 Å². The maximum atomic E-state index is 14.1. The number of hydrogen-bond acceptors (Lipinski definition) is 6. The molecular weight excluding hydrogens is 632 g/mol. The van der Waals surface area contributed by atoms with Gasteiger partial charge in [-0.2, -0.15) is 0 Å². The van der Waals surface area contributed by atoms with Gasteiger partial charge in [0.25, 0.3) is 5.69 Å². The summed E-state index contributed by atoms with van der Waals surface area (Å²) in [5, 5.41) is 11.2. The number of carbonyl (C=O) groups is 2. The number of halogens is 1. The van der Waals surface area contributed by atoms with Gasteiger partial charge in [0.2, 0.25) is 0 Å². The lowest BCUT2D eigenvalue weighted by Crippen LogP contribution is -2.44. The topological polar surface area (TPSA) is 89.8 Å². The molecular formula is C37H37BrN2O5. The largest absolute Gasteiger partial charge is 0.488 e. The SMILES string of the molecule is CC1(C)CC(=O)C2=C(C1)N(Cc1ccccc1)C1=C(C(=O)CC(C)(C)C1)C2c1ccc(OCc2cccc([N+](=O)[O-])c2)c(Br)c1. The Kier molecular flexibility index (Phi) is 8.06. The molecule has 0 atom stereocenters. The Labute approximate surface area is 272 Å². The Balaban J connectivity index is 1.43. The molecule has 3 aliphatic rings. The van der Waals surface area contributed by atoms with E-state index < -0.39 is 10.8 Å². The molecule has 6 rings (SSSR count). The van der Waals surface area contributed by atoms with Crippen LogP contribution in [0.1, 0.15) is 76.0 Å². The standard InChI is InChI=1S/C37H37BrN2O5/c1-36(2)17-28-34(30(41)19-36)33(25-13-14-32(27(38)16-25)45-22-24-11-8-12-26(15-24)40(43)44)35-29(18-37(3,4)20-31(35)42)39(28)21-23-9-6-5-7-10-23/h5-16,33H,17-22H2,1-4H3. The summed E-state index contributed by atoms with van der Waals surface area (Å²) in [4.78, 5) is 41.3. The Morgan fingerprint density at radius 2 is 1.42 bits per heavy atom. The quantitative estimate of drug-likeness (QED) is 0.185. The van der Waals surface area contributed by atoms with Crippen LogP contribution in [-0.4, -0.2) is 21.4 Å². The number of rotatable bonds is 7. The van der Waals surface area contributed by atoms with Crippen molar-refractivity contribution in [3.8, 4) is 5.75 Å². The number of nitrogens with zero attached hydrogens (tertiary/aromatic N) is 2. The molecule has 1 aliphatic heterocycles. The molecule has 0 spiro atoms. The predicted molar refractivity (Wildman–Crippen MR) is 176 cm³/mol. The van der Waals surface area contributed by atoms with Gasteiger partial charge in [0.15, 0.2) is 11.6 Å². The zero-order chi connectivity index (χ0) is 32.1. The first kappa shape index (κ1) is 31.0. The first-order valence-electron chi connectivity index (χ1n) is 15.3. The fraction of sp³-hybridized carbons (Fsp3) is 0.351. The predicted octanol–water partition coefficient (Wildman–Crippen LogP) is 8.82. The van der Waals surface area contributed by atoms with Crippen LogP contribution in [0.3, 0.4) is 0 Å². The molecule has 0 unspecified atom stereocenters. The van der Waals surface area contributed by atoms with Crippen LogP contribution in [0.5, 0.6) is 5.75 Å². The molecule has 7 nitrogen and oxygen atoms in total. The zero-order valence-corrected chi connectivity index (χ0v) is 27.6. The number of allylic oxidation sites excluding steroid dienone is 4. The second-order valence-electron chi connectivity index (χ2n) is 14.0. The second kappa shape index (κ2) is 11.7. The number of Topliss-reactive ketones (excluding diaryl/α,β-unsaturated/α-hetero) is 2. The lowest BCUT2D eigenvalue weighted by atomic mass is 9.63. The van der Waals surface area contributed by atoms with Crippen molar-refractivity contribution in [3.05, 3.63) is 127 Å². The van der Waals surface area contributed by atoms with Crippen molar-refractivity contribution in [3.63, 3.8) is 0 Å². The third-order valence-electron chi connectivity index (χ3n) is 9.01. The Bertz CT molecular complexity index is 1720. The number of ether oxygens (including phenoxy) is 1. The molecule has 0 fully saturated rings.